The van der Waals surface area contributed by atoms with Crippen molar-refractivity contribution >= 4 is 35.0 Å². The van der Waals surface area contributed by atoms with E-state index in [-0.39, 0.29) is 6.42 Å². The van der Waals surface area contributed by atoms with Gasteiger partial charge >= 0.3 is 12.1 Å². The number of amides is 1. The Balaban J connectivity index is 2.67. The van der Waals surface area contributed by atoms with Crippen molar-refractivity contribution in [1.82, 2.24) is 5.32 Å². The Morgan fingerprint density at radius 2 is 2.16 bits per heavy atom. The third-order valence-corrected chi connectivity index (χ3v) is 3.36. The van der Waals surface area contributed by atoms with E-state index in [1.54, 1.807) is 32.2 Å². The number of aliphatic carboxylic acids is 1. The van der Waals surface area contributed by atoms with Gasteiger partial charge in [0, 0.05) is 6.42 Å². The number of hydrogen-bond donors (Lipinski definition) is 2. The molecule has 1 aromatic heterocycles. The lowest BCUT2D eigenvalue weighted by molar-refractivity contribution is -0.139. The highest BCUT2D eigenvalue weighted by Gasteiger charge is 2.25. The third kappa shape index (κ3) is 5.48. The second kappa shape index (κ2) is 6.25. The second-order valence-electron chi connectivity index (χ2n) is 4.96. The molecule has 0 spiro atoms. The first-order valence-electron chi connectivity index (χ1n) is 5.63. The van der Waals surface area contributed by atoms with Crippen LogP contribution in [0.3, 0.4) is 0 Å². The van der Waals surface area contributed by atoms with E-state index in [4.69, 9.17) is 21.4 Å². The van der Waals surface area contributed by atoms with Gasteiger partial charge < -0.3 is 15.2 Å². The first-order chi connectivity index (χ1) is 8.69. The number of hydrogen-bond acceptors (Lipinski definition) is 4. The summed E-state index contributed by atoms with van der Waals surface area (Å²) < 4.78 is 5.55. The fourth-order valence-corrected chi connectivity index (χ4v) is 2.28. The van der Waals surface area contributed by atoms with E-state index in [0.29, 0.717) is 9.90 Å². The summed E-state index contributed by atoms with van der Waals surface area (Å²) in [6.07, 6.45) is -0.636. The minimum absolute atomic E-state index is 0.122. The summed E-state index contributed by atoms with van der Waals surface area (Å²) in [4.78, 5) is 22.7. The van der Waals surface area contributed by atoms with Crippen molar-refractivity contribution in [2.24, 2.45) is 0 Å². The molecule has 1 heterocycles. The Morgan fingerprint density at radius 3 is 2.58 bits per heavy atom. The van der Waals surface area contributed by atoms with E-state index in [2.05, 4.69) is 5.32 Å². The van der Waals surface area contributed by atoms with Gasteiger partial charge in [-0.3, -0.25) is 0 Å². The highest BCUT2D eigenvalue weighted by molar-refractivity contribution is 7.14. The summed E-state index contributed by atoms with van der Waals surface area (Å²) >= 11 is 7.23. The molecule has 19 heavy (non-hydrogen) atoms. The molecular weight excluding hydrogens is 290 g/mol. The lowest BCUT2D eigenvalue weighted by Crippen LogP contribution is -2.44. The van der Waals surface area contributed by atoms with Gasteiger partial charge in [-0.2, -0.15) is 0 Å². The molecule has 2 N–H and O–H groups in total. The molecule has 106 valence electrons. The fraction of sp³-hybridized carbons (Fsp3) is 0.500. The molecule has 1 atom stereocenters. The molecule has 0 aliphatic carbocycles. The summed E-state index contributed by atoms with van der Waals surface area (Å²) in [5.41, 5.74) is 0.0165. The lowest BCUT2D eigenvalue weighted by Gasteiger charge is -2.21. The van der Waals surface area contributed by atoms with Crippen molar-refractivity contribution < 1.29 is 19.4 Å². The Bertz CT molecular complexity index is 467. The van der Waals surface area contributed by atoms with Crippen LogP contribution in [0.25, 0.3) is 0 Å². The number of halogens is 1. The van der Waals surface area contributed by atoms with Crippen LogP contribution < -0.4 is 5.32 Å². The number of thiophene rings is 1. The van der Waals surface area contributed by atoms with Gasteiger partial charge in [-0.1, -0.05) is 11.6 Å². The van der Waals surface area contributed by atoms with Gasteiger partial charge in [-0.25, -0.2) is 9.59 Å². The topological polar surface area (TPSA) is 75.6 Å². The number of rotatable bonds is 4. The molecule has 0 aliphatic heterocycles. The second-order valence-corrected chi connectivity index (χ2v) is 6.48. The van der Waals surface area contributed by atoms with Crippen LogP contribution >= 0.6 is 22.9 Å². The van der Waals surface area contributed by atoms with Gasteiger partial charge in [-0.05, 0) is 37.8 Å². The molecule has 0 saturated heterocycles. The highest BCUT2D eigenvalue weighted by Crippen LogP contribution is 2.24. The van der Waals surface area contributed by atoms with E-state index < -0.39 is 23.7 Å². The first-order valence-corrected chi connectivity index (χ1v) is 6.89. The van der Waals surface area contributed by atoms with Crippen molar-refractivity contribution in [2.75, 3.05) is 0 Å². The SMILES string of the molecule is CC(C)(C)OC(=O)NC(Cc1ccsc1Cl)C(=O)O. The lowest BCUT2D eigenvalue weighted by atomic mass is 10.1. The van der Waals surface area contributed by atoms with Crippen LogP contribution in [-0.4, -0.2) is 28.8 Å². The van der Waals surface area contributed by atoms with E-state index in [1.165, 1.54) is 11.3 Å². The van der Waals surface area contributed by atoms with Gasteiger partial charge in [0.1, 0.15) is 11.6 Å². The van der Waals surface area contributed by atoms with Crippen LogP contribution in [0.15, 0.2) is 11.4 Å². The van der Waals surface area contributed by atoms with Gasteiger partial charge in [-0.15, -0.1) is 11.3 Å². The molecule has 0 saturated carbocycles. The molecule has 0 radical (unpaired) electrons. The van der Waals surface area contributed by atoms with Gasteiger partial charge in [0.25, 0.3) is 0 Å². The molecule has 1 aromatic rings. The van der Waals surface area contributed by atoms with Crippen LogP contribution in [0.4, 0.5) is 4.79 Å². The number of nitrogens with one attached hydrogen (secondary N) is 1. The van der Waals surface area contributed by atoms with Crippen molar-refractivity contribution in [3.05, 3.63) is 21.3 Å². The van der Waals surface area contributed by atoms with Gasteiger partial charge in [0.05, 0.1) is 4.34 Å². The zero-order valence-corrected chi connectivity index (χ0v) is 12.5. The van der Waals surface area contributed by atoms with Crippen molar-refractivity contribution in [3.8, 4) is 0 Å². The molecule has 5 nitrogen and oxygen atoms in total. The minimum atomic E-state index is -1.13. The Kier molecular flexibility index (Phi) is 5.20. The van der Waals surface area contributed by atoms with Gasteiger partial charge in [0.2, 0.25) is 0 Å². The molecular formula is C12H16ClNO4S. The summed E-state index contributed by atoms with van der Waals surface area (Å²) in [6.45, 7) is 5.12. The predicted octanol–water partition coefficient (Wildman–Crippen LogP) is 2.92. The molecule has 1 rings (SSSR count). The van der Waals surface area contributed by atoms with Crippen molar-refractivity contribution in [3.63, 3.8) is 0 Å². The highest BCUT2D eigenvalue weighted by atomic mass is 35.5. The maximum atomic E-state index is 11.6. The molecule has 0 aromatic carbocycles. The molecule has 0 aliphatic rings. The summed E-state index contributed by atoms with van der Waals surface area (Å²) in [7, 11) is 0. The van der Waals surface area contributed by atoms with Crippen LogP contribution in [0.5, 0.6) is 0 Å². The quantitative estimate of drug-likeness (QED) is 0.897. The van der Waals surface area contributed by atoms with E-state index >= 15 is 0 Å². The van der Waals surface area contributed by atoms with Crippen LogP contribution in [0, 0.1) is 0 Å². The minimum Gasteiger partial charge on any atom is -0.480 e. The summed E-state index contributed by atoms with van der Waals surface area (Å²) in [5, 5.41) is 13.2. The maximum Gasteiger partial charge on any atom is 0.408 e. The normalized spacial score (nSPS) is 12.8. The summed E-state index contributed by atoms with van der Waals surface area (Å²) in [5.74, 6) is -1.13. The number of carbonyl (C=O) groups excluding carboxylic acids is 1. The molecule has 0 fully saturated rings. The van der Waals surface area contributed by atoms with Crippen LogP contribution in [-0.2, 0) is 16.0 Å². The Hall–Kier alpha value is -1.27. The van der Waals surface area contributed by atoms with E-state index in [1.807, 2.05) is 0 Å². The standard InChI is InChI=1S/C12H16ClNO4S/c1-12(2,3)18-11(17)14-8(10(15)16)6-7-4-5-19-9(7)13/h4-5,8H,6H2,1-3H3,(H,14,17)(H,15,16). The number of carboxylic acid groups (broad SMARTS) is 1. The fourth-order valence-electron chi connectivity index (χ4n) is 1.34. The van der Waals surface area contributed by atoms with E-state index in [0.717, 1.165) is 0 Å². The number of carboxylic acids is 1. The molecule has 7 heteroatoms. The summed E-state index contributed by atoms with van der Waals surface area (Å²) in [6, 6.07) is 0.668. The zero-order valence-electron chi connectivity index (χ0n) is 10.9. The van der Waals surface area contributed by atoms with E-state index in [9.17, 15) is 9.59 Å². The monoisotopic (exact) mass is 305 g/mol. The van der Waals surface area contributed by atoms with Crippen LogP contribution in [0.1, 0.15) is 26.3 Å². The average Bonchev–Trinajstić information content (AvgIpc) is 2.60. The van der Waals surface area contributed by atoms with Crippen molar-refractivity contribution in [2.45, 2.75) is 38.8 Å². The third-order valence-electron chi connectivity index (χ3n) is 2.11. The average molecular weight is 306 g/mol. The van der Waals surface area contributed by atoms with Crippen LogP contribution in [0.2, 0.25) is 4.34 Å². The maximum absolute atomic E-state index is 11.6. The molecule has 1 unspecified atom stereocenters. The predicted molar refractivity (Wildman–Crippen MR) is 73.8 cm³/mol. The Morgan fingerprint density at radius 1 is 1.53 bits per heavy atom. The number of ether oxygens (including phenoxy) is 1. The smallest absolute Gasteiger partial charge is 0.408 e. The zero-order chi connectivity index (χ0) is 14.6. The number of carbonyl (C=O) groups is 2. The number of alkyl carbamates (subject to hydrolysis) is 1. The van der Waals surface area contributed by atoms with Crippen molar-refractivity contribution in [1.29, 1.82) is 0 Å². The molecule has 0 bridgehead atoms. The molecule has 1 amide bonds. The largest absolute Gasteiger partial charge is 0.480 e. The first kappa shape index (κ1) is 15.8. The Labute approximate surface area is 120 Å². The van der Waals surface area contributed by atoms with Gasteiger partial charge in [0.15, 0.2) is 0 Å².